The van der Waals surface area contributed by atoms with E-state index < -0.39 is 10.9 Å². The molecule has 0 unspecified atom stereocenters. The highest BCUT2D eigenvalue weighted by molar-refractivity contribution is 5.76. The molecule has 1 saturated carbocycles. The number of carbonyl (C=O) groups excluding carboxylic acids is 1. The van der Waals surface area contributed by atoms with Gasteiger partial charge in [-0.05, 0) is 35.6 Å². The van der Waals surface area contributed by atoms with E-state index in [1.54, 1.807) is 11.5 Å². The van der Waals surface area contributed by atoms with Crippen LogP contribution in [-0.2, 0) is 16.1 Å². The number of amides is 1. The van der Waals surface area contributed by atoms with Crippen LogP contribution in [0, 0.1) is 23.0 Å². The number of aliphatic carboxylic acids is 1. The second-order valence-corrected chi connectivity index (χ2v) is 5.80. The van der Waals surface area contributed by atoms with Gasteiger partial charge in [-0.15, -0.1) is 0 Å². The summed E-state index contributed by atoms with van der Waals surface area (Å²) in [5.74, 6) is -0.954. The molecule has 23 heavy (non-hydrogen) atoms. The Morgan fingerprint density at radius 2 is 2.09 bits per heavy atom. The molecule has 0 spiro atoms. The van der Waals surface area contributed by atoms with Crippen LogP contribution >= 0.6 is 0 Å². The third-order valence-electron chi connectivity index (χ3n) is 4.17. The molecule has 0 aliphatic heterocycles. The number of nitrogens with zero attached hydrogens (tertiary/aromatic N) is 3. The lowest BCUT2D eigenvalue weighted by molar-refractivity contribution is -0.389. The van der Waals surface area contributed by atoms with Gasteiger partial charge >= 0.3 is 11.8 Å². The van der Waals surface area contributed by atoms with Crippen LogP contribution in [0.4, 0.5) is 5.82 Å². The lowest BCUT2D eigenvalue weighted by Gasteiger charge is -2.26. The van der Waals surface area contributed by atoms with E-state index >= 15 is 0 Å². The number of carboxylic acid groups (broad SMARTS) is 1. The molecule has 1 aliphatic rings. The largest absolute Gasteiger partial charge is 0.481 e. The summed E-state index contributed by atoms with van der Waals surface area (Å²) in [6.45, 7) is 1.97. The Kier molecular flexibility index (Phi) is 5.30. The minimum atomic E-state index is -0.771. The number of rotatable bonds is 6. The number of nitro groups is 1. The molecule has 9 nitrogen and oxygen atoms in total. The number of hydrogen-bond donors (Lipinski definition) is 2. The molecular formula is C14H20N4O5. The van der Waals surface area contributed by atoms with Gasteiger partial charge in [-0.1, -0.05) is 0 Å². The van der Waals surface area contributed by atoms with E-state index in [9.17, 15) is 19.7 Å². The molecule has 0 atom stereocenters. The lowest BCUT2D eigenvalue weighted by Crippen LogP contribution is -2.39. The summed E-state index contributed by atoms with van der Waals surface area (Å²) in [6.07, 6.45) is 4.00. The first-order valence-electron chi connectivity index (χ1n) is 7.57. The molecule has 1 aromatic rings. The Morgan fingerprint density at radius 3 is 2.61 bits per heavy atom. The zero-order valence-corrected chi connectivity index (χ0v) is 12.9. The van der Waals surface area contributed by atoms with Crippen molar-refractivity contribution in [2.45, 2.75) is 51.6 Å². The van der Waals surface area contributed by atoms with Gasteiger partial charge in [0.05, 0.1) is 5.92 Å². The number of nitrogens with one attached hydrogen (secondary N) is 1. The van der Waals surface area contributed by atoms with E-state index in [2.05, 4.69) is 10.3 Å². The van der Waals surface area contributed by atoms with Crippen molar-refractivity contribution >= 4 is 17.7 Å². The van der Waals surface area contributed by atoms with E-state index in [-0.39, 0.29) is 30.1 Å². The van der Waals surface area contributed by atoms with Crippen LogP contribution in [0.3, 0.4) is 0 Å². The molecule has 126 valence electrons. The van der Waals surface area contributed by atoms with E-state index in [1.807, 2.05) is 0 Å². The van der Waals surface area contributed by atoms with Gasteiger partial charge in [0.25, 0.3) is 0 Å². The van der Waals surface area contributed by atoms with Crippen LogP contribution in [-0.4, -0.2) is 37.5 Å². The first kappa shape index (κ1) is 16.9. The van der Waals surface area contributed by atoms with E-state index in [4.69, 9.17) is 5.11 Å². The fourth-order valence-electron chi connectivity index (χ4n) is 2.81. The minimum Gasteiger partial charge on any atom is -0.481 e. The summed E-state index contributed by atoms with van der Waals surface area (Å²) >= 11 is 0. The predicted molar refractivity (Wildman–Crippen MR) is 79.8 cm³/mol. The molecule has 0 bridgehead atoms. The van der Waals surface area contributed by atoms with Gasteiger partial charge < -0.3 is 25.1 Å². The maximum atomic E-state index is 12.0. The summed E-state index contributed by atoms with van der Waals surface area (Å²) in [5.41, 5.74) is 0. The first-order valence-corrected chi connectivity index (χ1v) is 7.57. The molecule has 1 heterocycles. The fraction of sp³-hybridized carbons (Fsp3) is 0.643. The highest BCUT2D eigenvalue weighted by atomic mass is 16.6. The summed E-state index contributed by atoms with van der Waals surface area (Å²) < 4.78 is 1.58. The Hall–Kier alpha value is -2.45. The van der Waals surface area contributed by atoms with Gasteiger partial charge in [0.1, 0.15) is 6.20 Å². The van der Waals surface area contributed by atoms with Crippen molar-refractivity contribution in [1.29, 1.82) is 0 Å². The maximum absolute atomic E-state index is 12.0. The first-order chi connectivity index (χ1) is 10.9. The molecule has 2 rings (SSSR count). The zero-order chi connectivity index (χ0) is 17.0. The van der Waals surface area contributed by atoms with Crippen LogP contribution in [0.15, 0.2) is 6.20 Å². The SMILES string of the molecule is Cc1nc([N+](=O)[O-])cn1CCC(=O)NC1CCC(C(=O)O)CC1. The average Bonchev–Trinajstić information content (AvgIpc) is 2.87. The smallest absolute Gasteiger partial charge is 0.381 e. The number of aromatic nitrogens is 2. The van der Waals surface area contributed by atoms with Crippen molar-refractivity contribution < 1.29 is 19.6 Å². The second kappa shape index (κ2) is 7.21. The van der Waals surface area contributed by atoms with Crippen molar-refractivity contribution in [2.24, 2.45) is 5.92 Å². The van der Waals surface area contributed by atoms with Crippen LogP contribution < -0.4 is 5.32 Å². The molecule has 1 aliphatic carbocycles. The quantitative estimate of drug-likeness (QED) is 0.599. The third kappa shape index (κ3) is 4.51. The highest BCUT2D eigenvalue weighted by Crippen LogP contribution is 2.24. The van der Waals surface area contributed by atoms with Gasteiger partial charge in [0, 0.05) is 25.9 Å². The number of hydrogen-bond acceptors (Lipinski definition) is 5. The monoisotopic (exact) mass is 324 g/mol. The topological polar surface area (TPSA) is 127 Å². The molecule has 9 heteroatoms. The Labute approximate surface area is 132 Å². The summed E-state index contributed by atoms with van der Waals surface area (Å²) in [5, 5.41) is 22.5. The molecule has 0 radical (unpaired) electrons. The highest BCUT2D eigenvalue weighted by Gasteiger charge is 2.26. The standard InChI is InChI=1S/C14H20N4O5/c1-9-15-12(18(22)23)8-17(9)7-6-13(19)16-11-4-2-10(3-5-11)14(20)21/h8,10-11H,2-7H2,1H3,(H,16,19)(H,20,21). The fourth-order valence-corrected chi connectivity index (χ4v) is 2.81. The van der Waals surface area contributed by atoms with Gasteiger partial charge in [-0.3, -0.25) is 9.59 Å². The normalized spacial score (nSPS) is 20.9. The maximum Gasteiger partial charge on any atom is 0.381 e. The van der Waals surface area contributed by atoms with E-state index in [1.165, 1.54) is 6.20 Å². The average molecular weight is 324 g/mol. The zero-order valence-electron chi connectivity index (χ0n) is 12.9. The Bertz CT molecular complexity index is 604. The van der Waals surface area contributed by atoms with Crippen molar-refractivity contribution in [3.63, 3.8) is 0 Å². The van der Waals surface area contributed by atoms with E-state index in [0.29, 0.717) is 38.1 Å². The van der Waals surface area contributed by atoms with Crippen LogP contribution in [0.25, 0.3) is 0 Å². The molecule has 0 saturated heterocycles. The molecule has 0 aromatic carbocycles. The predicted octanol–water partition coefficient (Wildman–Crippen LogP) is 1.25. The number of aryl methyl sites for hydroxylation is 2. The summed E-state index contributed by atoms with van der Waals surface area (Å²) in [7, 11) is 0. The molecule has 1 aromatic heterocycles. The lowest BCUT2D eigenvalue weighted by atomic mass is 9.86. The van der Waals surface area contributed by atoms with Crippen molar-refractivity contribution in [3.8, 4) is 0 Å². The minimum absolute atomic E-state index is 0.0105. The van der Waals surface area contributed by atoms with E-state index in [0.717, 1.165) is 0 Å². The number of imidazole rings is 1. The summed E-state index contributed by atoms with van der Waals surface area (Å²) in [6, 6.07) is 0.0105. The van der Waals surface area contributed by atoms with Gasteiger partial charge in [0.2, 0.25) is 11.7 Å². The molecule has 1 amide bonds. The van der Waals surface area contributed by atoms with Gasteiger partial charge in [0.15, 0.2) is 0 Å². The van der Waals surface area contributed by atoms with Gasteiger partial charge in [-0.25, -0.2) is 0 Å². The Balaban J connectivity index is 1.78. The van der Waals surface area contributed by atoms with Crippen LogP contribution in [0.5, 0.6) is 0 Å². The van der Waals surface area contributed by atoms with Crippen molar-refractivity contribution in [3.05, 3.63) is 22.1 Å². The van der Waals surface area contributed by atoms with Crippen LogP contribution in [0.2, 0.25) is 0 Å². The van der Waals surface area contributed by atoms with Gasteiger partial charge in [-0.2, -0.15) is 0 Å². The molecular weight excluding hydrogens is 304 g/mol. The number of carboxylic acids is 1. The number of carbonyl (C=O) groups is 2. The van der Waals surface area contributed by atoms with Crippen molar-refractivity contribution in [1.82, 2.24) is 14.9 Å². The summed E-state index contributed by atoms with van der Waals surface area (Å²) in [4.78, 5) is 36.7. The second-order valence-electron chi connectivity index (χ2n) is 5.80. The van der Waals surface area contributed by atoms with Crippen LogP contribution in [0.1, 0.15) is 37.9 Å². The molecule has 2 N–H and O–H groups in total. The molecule has 1 fully saturated rings. The Morgan fingerprint density at radius 1 is 1.43 bits per heavy atom. The third-order valence-corrected chi connectivity index (χ3v) is 4.17. The van der Waals surface area contributed by atoms with Crippen molar-refractivity contribution in [2.75, 3.05) is 0 Å².